The molecule has 0 aliphatic carbocycles. The van der Waals surface area contributed by atoms with Crippen molar-refractivity contribution in [1.29, 1.82) is 0 Å². The fraction of sp³-hybridized carbons (Fsp3) is 0.250. The average Bonchev–Trinajstić information content (AvgIpc) is 2.34. The summed E-state index contributed by atoms with van der Waals surface area (Å²) in [7, 11) is 0. The van der Waals surface area contributed by atoms with Crippen molar-refractivity contribution in [1.82, 2.24) is 5.16 Å². The van der Waals surface area contributed by atoms with Crippen molar-refractivity contribution in [3.63, 3.8) is 0 Å². The molecule has 0 aliphatic rings. The SMILES string of the molecule is CC(=O)/C=C(\N)c1cc(C)no1. The molecule has 0 atom stereocenters. The lowest BCUT2D eigenvalue weighted by Crippen LogP contribution is -1.97. The summed E-state index contributed by atoms with van der Waals surface area (Å²) in [6.45, 7) is 3.21. The average molecular weight is 166 g/mol. The Morgan fingerprint density at radius 3 is 2.83 bits per heavy atom. The second-order valence-electron chi connectivity index (χ2n) is 2.54. The lowest BCUT2D eigenvalue weighted by Gasteiger charge is -1.90. The molecule has 0 unspecified atom stereocenters. The molecule has 0 bridgehead atoms. The topological polar surface area (TPSA) is 69.1 Å². The molecular weight excluding hydrogens is 156 g/mol. The van der Waals surface area contributed by atoms with Crippen molar-refractivity contribution in [2.75, 3.05) is 0 Å². The molecule has 0 aliphatic heterocycles. The first-order valence-electron chi connectivity index (χ1n) is 3.51. The second kappa shape index (κ2) is 3.21. The Bertz CT molecular complexity index is 326. The number of hydrogen-bond acceptors (Lipinski definition) is 4. The standard InChI is InChI=1S/C8H10N2O2/c1-5-3-8(12-10-5)7(9)4-6(2)11/h3-4H,9H2,1-2H3/b7-4-. The van der Waals surface area contributed by atoms with Gasteiger partial charge in [0.05, 0.1) is 11.4 Å². The van der Waals surface area contributed by atoms with Gasteiger partial charge in [-0.3, -0.25) is 4.79 Å². The number of carbonyl (C=O) groups excluding carboxylic acids is 1. The van der Waals surface area contributed by atoms with E-state index in [0.29, 0.717) is 11.5 Å². The predicted molar refractivity (Wildman–Crippen MR) is 44.1 cm³/mol. The Kier molecular flexibility index (Phi) is 2.28. The summed E-state index contributed by atoms with van der Waals surface area (Å²) >= 11 is 0. The Hall–Kier alpha value is -1.58. The van der Waals surface area contributed by atoms with Gasteiger partial charge in [0, 0.05) is 12.1 Å². The number of allylic oxidation sites excluding steroid dienone is 1. The zero-order valence-corrected chi connectivity index (χ0v) is 7.00. The number of ketones is 1. The van der Waals surface area contributed by atoms with Gasteiger partial charge in [0.25, 0.3) is 0 Å². The lowest BCUT2D eigenvalue weighted by atomic mass is 10.2. The van der Waals surface area contributed by atoms with Gasteiger partial charge in [-0.05, 0) is 13.8 Å². The number of nitrogens with two attached hydrogens (primary N) is 1. The smallest absolute Gasteiger partial charge is 0.182 e. The number of carbonyl (C=O) groups is 1. The van der Waals surface area contributed by atoms with Crippen LogP contribution >= 0.6 is 0 Å². The third kappa shape index (κ3) is 1.95. The van der Waals surface area contributed by atoms with Crippen molar-refractivity contribution in [2.24, 2.45) is 5.73 Å². The highest BCUT2D eigenvalue weighted by Crippen LogP contribution is 2.09. The van der Waals surface area contributed by atoms with Crippen LogP contribution < -0.4 is 5.73 Å². The van der Waals surface area contributed by atoms with Crippen LogP contribution in [0.5, 0.6) is 0 Å². The minimum Gasteiger partial charge on any atom is -0.396 e. The summed E-state index contributed by atoms with van der Waals surface area (Å²) in [5.74, 6) is 0.323. The van der Waals surface area contributed by atoms with Gasteiger partial charge in [0.2, 0.25) is 0 Å². The minimum absolute atomic E-state index is 0.110. The van der Waals surface area contributed by atoms with E-state index in [1.165, 1.54) is 13.0 Å². The van der Waals surface area contributed by atoms with Gasteiger partial charge in [-0.1, -0.05) is 5.16 Å². The summed E-state index contributed by atoms with van der Waals surface area (Å²) < 4.78 is 4.83. The molecule has 0 spiro atoms. The van der Waals surface area contributed by atoms with E-state index in [1.807, 2.05) is 0 Å². The number of aromatic nitrogens is 1. The molecule has 4 nitrogen and oxygen atoms in total. The molecule has 0 amide bonds. The van der Waals surface area contributed by atoms with Crippen LogP contribution in [0.2, 0.25) is 0 Å². The van der Waals surface area contributed by atoms with Gasteiger partial charge in [-0.25, -0.2) is 0 Å². The van der Waals surface area contributed by atoms with Crippen LogP contribution in [0.4, 0.5) is 0 Å². The van der Waals surface area contributed by atoms with E-state index in [1.54, 1.807) is 13.0 Å². The summed E-state index contributed by atoms with van der Waals surface area (Å²) in [5.41, 5.74) is 6.56. The minimum atomic E-state index is -0.110. The predicted octanol–water partition coefficient (Wildman–Crippen LogP) is 0.872. The molecule has 1 rings (SSSR count). The summed E-state index contributed by atoms with van der Waals surface area (Å²) in [6, 6.07) is 1.68. The summed E-state index contributed by atoms with van der Waals surface area (Å²) in [5, 5.41) is 3.64. The molecule has 1 aromatic rings. The normalized spacial score (nSPS) is 11.7. The first-order valence-corrected chi connectivity index (χ1v) is 3.51. The zero-order chi connectivity index (χ0) is 9.14. The first-order chi connectivity index (χ1) is 5.59. The molecular formula is C8H10N2O2. The molecule has 0 fully saturated rings. The first kappa shape index (κ1) is 8.52. The third-order valence-corrected chi connectivity index (χ3v) is 1.27. The molecule has 12 heavy (non-hydrogen) atoms. The highest BCUT2D eigenvalue weighted by atomic mass is 16.5. The molecule has 0 radical (unpaired) electrons. The van der Waals surface area contributed by atoms with E-state index in [9.17, 15) is 4.79 Å². The number of aryl methyl sites for hydroxylation is 1. The molecule has 0 saturated carbocycles. The Morgan fingerprint density at radius 2 is 2.42 bits per heavy atom. The van der Waals surface area contributed by atoms with Crippen molar-refractivity contribution >= 4 is 11.5 Å². The summed E-state index contributed by atoms with van der Waals surface area (Å²) in [4.78, 5) is 10.6. The maximum atomic E-state index is 10.6. The summed E-state index contributed by atoms with van der Waals surface area (Å²) in [6.07, 6.45) is 1.31. The molecule has 2 N–H and O–H groups in total. The Morgan fingerprint density at radius 1 is 1.75 bits per heavy atom. The van der Waals surface area contributed by atoms with Crippen molar-refractivity contribution < 1.29 is 9.32 Å². The highest BCUT2D eigenvalue weighted by Gasteiger charge is 2.03. The van der Waals surface area contributed by atoms with Gasteiger partial charge < -0.3 is 10.3 Å². The van der Waals surface area contributed by atoms with Gasteiger partial charge in [0.15, 0.2) is 11.5 Å². The number of rotatable bonds is 2. The van der Waals surface area contributed by atoms with Crippen LogP contribution in [0.15, 0.2) is 16.7 Å². The van der Waals surface area contributed by atoms with Gasteiger partial charge >= 0.3 is 0 Å². The van der Waals surface area contributed by atoms with E-state index in [4.69, 9.17) is 10.3 Å². The van der Waals surface area contributed by atoms with Gasteiger partial charge in [-0.2, -0.15) is 0 Å². The van der Waals surface area contributed by atoms with Crippen LogP contribution in [0.1, 0.15) is 18.4 Å². The second-order valence-corrected chi connectivity index (χ2v) is 2.54. The fourth-order valence-corrected chi connectivity index (χ4v) is 0.790. The fourth-order valence-electron chi connectivity index (χ4n) is 0.790. The molecule has 0 aromatic carbocycles. The van der Waals surface area contributed by atoms with Crippen molar-refractivity contribution in [3.8, 4) is 0 Å². The lowest BCUT2D eigenvalue weighted by molar-refractivity contribution is -0.112. The van der Waals surface area contributed by atoms with Crippen LogP contribution in [-0.2, 0) is 4.79 Å². The van der Waals surface area contributed by atoms with E-state index in [-0.39, 0.29) is 5.78 Å². The monoisotopic (exact) mass is 166 g/mol. The molecule has 1 aromatic heterocycles. The van der Waals surface area contributed by atoms with E-state index in [2.05, 4.69) is 5.16 Å². The van der Waals surface area contributed by atoms with Gasteiger partial charge in [0.1, 0.15) is 0 Å². The van der Waals surface area contributed by atoms with E-state index >= 15 is 0 Å². The van der Waals surface area contributed by atoms with Gasteiger partial charge in [-0.15, -0.1) is 0 Å². The quantitative estimate of drug-likeness (QED) is 0.662. The molecule has 4 heteroatoms. The Balaban J connectivity index is 2.91. The van der Waals surface area contributed by atoms with E-state index < -0.39 is 0 Å². The van der Waals surface area contributed by atoms with Crippen LogP contribution in [0.25, 0.3) is 5.70 Å². The zero-order valence-electron chi connectivity index (χ0n) is 7.00. The largest absolute Gasteiger partial charge is 0.396 e. The Labute approximate surface area is 70.0 Å². The number of hydrogen-bond donors (Lipinski definition) is 1. The van der Waals surface area contributed by atoms with E-state index in [0.717, 1.165) is 5.69 Å². The van der Waals surface area contributed by atoms with Crippen molar-refractivity contribution in [3.05, 3.63) is 23.6 Å². The molecule has 0 saturated heterocycles. The highest BCUT2D eigenvalue weighted by molar-refractivity contribution is 5.93. The molecule has 64 valence electrons. The molecule has 1 heterocycles. The van der Waals surface area contributed by atoms with Crippen LogP contribution in [0, 0.1) is 6.92 Å². The maximum absolute atomic E-state index is 10.6. The third-order valence-electron chi connectivity index (χ3n) is 1.27. The maximum Gasteiger partial charge on any atom is 0.182 e. The van der Waals surface area contributed by atoms with Crippen LogP contribution in [-0.4, -0.2) is 10.9 Å². The van der Waals surface area contributed by atoms with Crippen molar-refractivity contribution in [2.45, 2.75) is 13.8 Å². The van der Waals surface area contributed by atoms with Crippen LogP contribution in [0.3, 0.4) is 0 Å². The number of nitrogens with zero attached hydrogens (tertiary/aromatic N) is 1.